The van der Waals surface area contributed by atoms with Crippen LogP contribution in [0.1, 0.15) is 6.42 Å². The van der Waals surface area contributed by atoms with Gasteiger partial charge in [-0.25, -0.2) is 18.1 Å². The number of nitrogen functional groups attached to an aromatic ring is 1. The minimum atomic E-state index is -3.64. The number of nitrogens with one attached hydrogen (secondary N) is 1. The van der Waals surface area contributed by atoms with Gasteiger partial charge in [0.25, 0.3) is 0 Å². The molecular formula is C12H15ClN4O2S. The van der Waals surface area contributed by atoms with Gasteiger partial charge in [0, 0.05) is 30.5 Å². The average molecular weight is 315 g/mol. The molecule has 0 radical (unpaired) electrons. The van der Waals surface area contributed by atoms with E-state index in [1.807, 2.05) is 10.8 Å². The van der Waals surface area contributed by atoms with Crippen molar-refractivity contribution in [2.75, 3.05) is 12.3 Å². The Bertz CT molecular complexity index is 671. The van der Waals surface area contributed by atoms with Crippen LogP contribution in [0.2, 0.25) is 5.02 Å². The summed E-state index contributed by atoms with van der Waals surface area (Å²) in [5, 5.41) is 0.331. The number of hydrogen-bond acceptors (Lipinski definition) is 4. The zero-order valence-electron chi connectivity index (χ0n) is 10.7. The van der Waals surface area contributed by atoms with E-state index in [0.717, 1.165) is 0 Å². The standard InChI is InChI=1S/C12H15ClN4O2S/c13-10-2-3-11(14)12(8-10)20(18,19)16-4-1-6-17-7-5-15-9-17/h2-3,5,7-9,16H,1,4,6,14H2. The second-order valence-electron chi connectivity index (χ2n) is 4.23. The van der Waals surface area contributed by atoms with Gasteiger partial charge < -0.3 is 10.3 Å². The molecule has 1 aromatic carbocycles. The third-order valence-electron chi connectivity index (χ3n) is 2.71. The number of rotatable bonds is 6. The summed E-state index contributed by atoms with van der Waals surface area (Å²) in [5.41, 5.74) is 5.84. The maximum absolute atomic E-state index is 12.1. The zero-order chi connectivity index (χ0) is 14.6. The van der Waals surface area contributed by atoms with Crippen LogP contribution in [0.4, 0.5) is 5.69 Å². The van der Waals surface area contributed by atoms with Crippen molar-refractivity contribution in [3.63, 3.8) is 0 Å². The molecule has 0 spiro atoms. The minimum Gasteiger partial charge on any atom is -0.398 e. The van der Waals surface area contributed by atoms with Crippen molar-refractivity contribution in [1.82, 2.24) is 14.3 Å². The first kappa shape index (κ1) is 14.8. The summed E-state index contributed by atoms with van der Waals surface area (Å²) < 4.78 is 28.6. The number of sulfonamides is 1. The fourth-order valence-corrected chi connectivity index (χ4v) is 3.17. The van der Waals surface area contributed by atoms with Gasteiger partial charge >= 0.3 is 0 Å². The van der Waals surface area contributed by atoms with Crippen molar-refractivity contribution >= 4 is 27.3 Å². The van der Waals surface area contributed by atoms with Gasteiger partial charge in [0.15, 0.2) is 0 Å². The molecule has 0 fully saturated rings. The SMILES string of the molecule is Nc1ccc(Cl)cc1S(=O)(=O)NCCCn1ccnc1. The fourth-order valence-electron chi connectivity index (χ4n) is 1.71. The van der Waals surface area contributed by atoms with Crippen LogP contribution in [-0.4, -0.2) is 24.5 Å². The molecule has 2 rings (SSSR count). The van der Waals surface area contributed by atoms with Gasteiger partial charge in [-0.3, -0.25) is 0 Å². The molecule has 8 heteroatoms. The maximum Gasteiger partial charge on any atom is 0.242 e. The number of nitrogens with zero attached hydrogens (tertiary/aromatic N) is 2. The maximum atomic E-state index is 12.1. The van der Waals surface area contributed by atoms with Crippen molar-refractivity contribution in [1.29, 1.82) is 0 Å². The smallest absolute Gasteiger partial charge is 0.242 e. The Labute approximate surface area is 122 Å². The van der Waals surface area contributed by atoms with Gasteiger partial charge in [-0.2, -0.15) is 0 Å². The Morgan fingerprint density at radius 2 is 2.20 bits per heavy atom. The molecule has 0 aliphatic heterocycles. The number of hydrogen-bond donors (Lipinski definition) is 2. The fraction of sp³-hybridized carbons (Fsp3) is 0.250. The molecule has 1 heterocycles. The summed E-state index contributed by atoms with van der Waals surface area (Å²) in [7, 11) is -3.64. The highest BCUT2D eigenvalue weighted by molar-refractivity contribution is 7.89. The van der Waals surface area contributed by atoms with Crippen LogP contribution in [0.3, 0.4) is 0 Å². The highest BCUT2D eigenvalue weighted by atomic mass is 35.5. The van der Waals surface area contributed by atoms with Crippen LogP contribution < -0.4 is 10.5 Å². The molecule has 0 saturated carbocycles. The number of nitrogens with two attached hydrogens (primary N) is 1. The molecule has 108 valence electrons. The van der Waals surface area contributed by atoms with E-state index in [0.29, 0.717) is 24.5 Å². The molecule has 0 unspecified atom stereocenters. The molecule has 0 aliphatic rings. The summed E-state index contributed by atoms with van der Waals surface area (Å²) in [4.78, 5) is 3.92. The molecule has 6 nitrogen and oxygen atoms in total. The van der Waals surface area contributed by atoms with E-state index >= 15 is 0 Å². The van der Waals surface area contributed by atoms with Crippen molar-refractivity contribution in [2.45, 2.75) is 17.9 Å². The lowest BCUT2D eigenvalue weighted by Crippen LogP contribution is -2.26. The molecule has 0 bridgehead atoms. The molecule has 0 atom stereocenters. The van der Waals surface area contributed by atoms with Crippen LogP contribution in [0.5, 0.6) is 0 Å². The molecule has 20 heavy (non-hydrogen) atoms. The molecule has 0 amide bonds. The van der Waals surface area contributed by atoms with E-state index in [4.69, 9.17) is 17.3 Å². The van der Waals surface area contributed by atoms with Crippen molar-refractivity contribution in [3.05, 3.63) is 41.9 Å². The third kappa shape index (κ3) is 3.72. The number of aryl methyl sites for hydroxylation is 1. The van der Waals surface area contributed by atoms with E-state index in [9.17, 15) is 8.42 Å². The Hall–Kier alpha value is -1.57. The summed E-state index contributed by atoms with van der Waals surface area (Å²) in [6.07, 6.45) is 5.83. The topological polar surface area (TPSA) is 90.0 Å². The Balaban J connectivity index is 1.95. The van der Waals surface area contributed by atoms with E-state index in [1.54, 1.807) is 18.6 Å². The number of anilines is 1. The number of imidazole rings is 1. The van der Waals surface area contributed by atoms with Crippen LogP contribution in [-0.2, 0) is 16.6 Å². The lowest BCUT2D eigenvalue weighted by atomic mass is 10.3. The molecule has 0 saturated heterocycles. The van der Waals surface area contributed by atoms with Crippen molar-refractivity contribution < 1.29 is 8.42 Å². The van der Waals surface area contributed by atoms with E-state index < -0.39 is 10.0 Å². The summed E-state index contributed by atoms with van der Waals surface area (Å²) in [6, 6.07) is 4.37. The highest BCUT2D eigenvalue weighted by Gasteiger charge is 2.17. The van der Waals surface area contributed by atoms with Crippen LogP contribution in [0, 0.1) is 0 Å². The van der Waals surface area contributed by atoms with Crippen LogP contribution in [0.15, 0.2) is 41.8 Å². The van der Waals surface area contributed by atoms with E-state index in [2.05, 4.69) is 9.71 Å². The Morgan fingerprint density at radius 1 is 1.40 bits per heavy atom. The number of halogens is 1. The average Bonchev–Trinajstić information content (AvgIpc) is 2.90. The summed E-state index contributed by atoms with van der Waals surface area (Å²) in [5.74, 6) is 0. The number of benzene rings is 1. The first-order valence-electron chi connectivity index (χ1n) is 5.99. The molecule has 1 aromatic heterocycles. The zero-order valence-corrected chi connectivity index (χ0v) is 12.2. The lowest BCUT2D eigenvalue weighted by Gasteiger charge is -2.09. The second kappa shape index (κ2) is 6.25. The van der Waals surface area contributed by atoms with E-state index in [1.165, 1.54) is 12.1 Å². The second-order valence-corrected chi connectivity index (χ2v) is 6.41. The lowest BCUT2D eigenvalue weighted by molar-refractivity contribution is 0.570. The monoisotopic (exact) mass is 314 g/mol. The Kier molecular flexibility index (Phi) is 4.64. The predicted molar refractivity (Wildman–Crippen MR) is 77.9 cm³/mol. The predicted octanol–water partition coefficient (Wildman–Crippen LogP) is 1.49. The van der Waals surface area contributed by atoms with Gasteiger partial charge in [-0.15, -0.1) is 0 Å². The van der Waals surface area contributed by atoms with Gasteiger partial charge in [-0.1, -0.05) is 11.6 Å². The first-order chi connectivity index (χ1) is 9.49. The molecule has 3 N–H and O–H groups in total. The van der Waals surface area contributed by atoms with E-state index in [-0.39, 0.29) is 10.6 Å². The van der Waals surface area contributed by atoms with Gasteiger partial charge in [0.1, 0.15) is 4.90 Å². The molecule has 2 aromatic rings. The minimum absolute atomic E-state index is 0.00707. The first-order valence-corrected chi connectivity index (χ1v) is 7.85. The summed E-state index contributed by atoms with van der Waals surface area (Å²) in [6.45, 7) is 1.00. The largest absolute Gasteiger partial charge is 0.398 e. The van der Waals surface area contributed by atoms with Crippen molar-refractivity contribution in [3.8, 4) is 0 Å². The molecular weight excluding hydrogens is 300 g/mol. The Morgan fingerprint density at radius 3 is 2.90 bits per heavy atom. The normalized spacial score (nSPS) is 11.7. The quantitative estimate of drug-likeness (QED) is 0.624. The van der Waals surface area contributed by atoms with Crippen LogP contribution >= 0.6 is 11.6 Å². The highest BCUT2D eigenvalue weighted by Crippen LogP contribution is 2.22. The van der Waals surface area contributed by atoms with Gasteiger partial charge in [0.05, 0.1) is 12.0 Å². The summed E-state index contributed by atoms with van der Waals surface area (Å²) >= 11 is 5.79. The van der Waals surface area contributed by atoms with Crippen molar-refractivity contribution in [2.24, 2.45) is 0 Å². The van der Waals surface area contributed by atoms with Gasteiger partial charge in [-0.05, 0) is 24.6 Å². The molecule has 0 aliphatic carbocycles. The van der Waals surface area contributed by atoms with Crippen LogP contribution in [0.25, 0.3) is 0 Å². The third-order valence-corrected chi connectivity index (χ3v) is 4.46. The number of aromatic nitrogens is 2. The van der Waals surface area contributed by atoms with Gasteiger partial charge in [0.2, 0.25) is 10.0 Å².